The number of nitrogens with two attached hydrogens (primary N) is 1. The van der Waals surface area contributed by atoms with Crippen LogP contribution in [-0.4, -0.2) is 52.8 Å². The molecule has 0 saturated carbocycles. The molecule has 0 aromatic rings. The lowest BCUT2D eigenvalue weighted by Crippen LogP contribution is -2.48. The summed E-state index contributed by atoms with van der Waals surface area (Å²) in [7, 11) is 0. The van der Waals surface area contributed by atoms with Gasteiger partial charge in [-0.25, -0.2) is 0 Å². The zero-order valence-corrected chi connectivity index (χ0v) is 14.5. The summed E-state index contributed by atoms with van der Waals surface area (Å²) in [6.45, 7) is 1.88. The smallest absolute Gasteiger partial charge is 0.249 e. The average Bonchev–Trinajstić information content (AvgIpc) is 2.54. The molecule has 0 fully saturated rings. The van der Waals surface area contributed by atoms with Gasteiger partial charge in [0.2, 0.25) is 5.91 Å². The van der Waals surface area contributed by atoms with Gasteiger partial charge >= 0.3 is 0 Å². The first-order valence-corrected chi connectivity index (χ1v) is 8.92. The van der Waals surface area contributed by atoms with Crippen molar-refractivity contribution in [1.82, 2.24) is 0 Å². The Morgan fingerprint density at radius 3 is 1.87 bits per heavy atom. The Morgan fingerprint density at radius 2 is 1.43 bits per heavy atom. The zero-order valence-electron chi connectivity index (χ0n) is 14.5. The minimum absolute atomic E-state index is 0.305. The molecule has 0 aliphatic rings. The van der Waals surface area contributed by atoms with Gasteiger partial charge in [0.05, 0.1) is 6.61 Å². The molecule has 0 aromatic carbocycles. The normalized spacial score (nSPS) is 15.3. The third kappa shape index (κ3) is 11.5. The lowest BCUT2D eigenvalue weighted by molar-refractivity contribution is -0.147. The molecular formula is C17H35NO5. The number of rotatable bonds is 16. The summed E-state index contributed by atoms with van der Waals surface area (Å²) in [5.74, 6) is -0.836. The van der Waals surface area contributed by atoms with Crippen molar-refractivity contribution in [3.05, 3.63) is 0 Å². The Hall–Kier alpha value is -0.690. The van der Waals surface area contributed by atoms with Crippen molar-refractivity contribution in [3.63, 3.8) is 0 Å². The second-order valence-electron chi connectivity index (χ2n) is 6.12. The fourth-order valence-electron chi connectivity index (χ4n) is 2.46. The van der Waals surface area contributed by atoms with Crippen molar-refractivity contribution in [1.29, 1.82) is 0 Å². The highest BCUT2D eigenvalue weighted by Crippen LogP contribution is 2.11. The van der Waals surface area contributed by atoms with E-state index in [9.17, 15) is 15.0 Å². The largest absolute Gasteiger partial charge is 0.394 e. The molecule has 0 unspecified atom stereocenters. The molecule has 138 valence electrons. The van der Waals surface area contributed by atoms with Crippen molar-refractivity contribution in [2.45, 2.75) is 89.4 Å². The number of carbonyl (C=O) groups is 1. The summed E-state index contributed by atoms with van der Waals surface area (Å²) in [6.07, 6.45) is 7.71. The van der Waals surface area contributed by atoms with Crippen LogP contribution >= 0.6 is 0 Å². The third-order valence-electron chi connectivity index (χ3n) is 3.97. The molecule has 6 nitrogen and oxygen atoms in total. The molecule has 0 bridgehead atoms. The molecule has 23 heavy (non-hydrogen) atoms. The van der Waals surface area contributed by atoms with Gasteiger partial charge in [0.25, 0.3) is 0 Å². The van der Waals surface area contributed by atoms with Crippen molar-refractivity contribution in [3.8, 4) is 0 Å². The highest BCUT2D eigenvalue weighted by Gasteiger charge is 2.30. The Balaban J connectivity index is 3.62. The molecule has 1 amide bonds. The molecule has 0 aliphatic carbocycles. The molecule has 6 heteroatoms. The monoisotopic (exact) mass is 333 g/mol. The van der Waals surface area contributed by atoms with E-state index < -0.39 is 30.8 Å². The number of primary amides is 1. The van der Waals surface area contributed by atoms with Crippen LogP contribution in [0.2, 0.25) is 0 Å². The molecular weight excluding hydrogens is 298 g/mol. The minimum Gasteiger partial charge on any atom is -0.394 e. The number of carbonyl (C=O) groups excluding carboxylic acids is 1. The SMILES string of the molecule is CCCCCCCCCCCCO[C@@H](C(N)=O)[C@@H](O)[C@H](O)CO. The Labute approximate surface area is 140 Å². The standard InChI is InChI=1S/C17H35NO5/c1-2-3-4-5-6-7-8-9-10-11-12-23-16(17(18)22)15(21)14(20)13-19/h14-16,19-21H,2-13H2,1H3,(H2,18,22)/t14-,15+,16-/m1/s1. The Kier molecular flexibility index (Phi) is 14.4. The van der Waals surface area contributed by atoms with Crippen LogP contribution in [0, 0.1) is 0 Å². The summed E-state index contributed by atoms with van der Waals surface area (Å²) >= 11 is 0. The van der Waals surface area contributed by atoms with Crippen LogP contribution in [0.15, 0.2) is 0 Å². The summed E-state index contributed by atoms with van der Waals surface area (Å²) in [6, 6.07) is 0. The lowest BCUT2D eigenvalue weighted by atomic mass is 10.1. The number of aliphatic hydroxyl groups excluding tert-OH is 3. The van der Waals surface area contributed by atoms with Gasteiger partial charge in [0.15, 0.2) is 6.10 Å². The molecule has 0 heterocycles. The summed E-state index contributed by atoms with van der Waals surface area (Å²) in [5, 5.41) is 27.8. The van der Waals surface area contributed by atoms with E-state index in [4.69, 9.17) is 15.6 Å². The van der Waals surface area contributed by atoms with Gasteiger partial charge in [-0.15, -0.1) is 0 Å². The molecule has 5 N–H and O–H groups in total. The number of amides is 1. The van der Waals surface area contributed by atoms with Gasteiger partial charge in [-0.2, -0.15) is 0 Å². The van der Waals surface area contributed by atoms with E-state index in [1.54, 1.807) is 0 Å². The fraction of sp³-hybridized carbons (Fsp3) is 0.941. The van der Waals surface area contributed by atoms with Gasteiger partial charge in [-0.05, 0) is 6.42 Å². The van der Waals surface area contributed by atoms with Crippen LogP contribution in [0.4, 0.5) is 0 Å². The molecule has 0 saturated heterocycles. The van der Waals surface area contributed by atoms with Crippen LogP contribution in [0.1, 0.15) is 71.1 Å². The second-order valence-corrected chi connectivity index (χ2v) is 6.12. The average molecular weight is 333 g/mol. The first-order valence-electron chi connectivity index (χ1n) is 8.92. The van der Waals surface area contributed by atoms with Crippen molar-refractivity contribution in [2.75, 3.05) is 13.2 Å². The number of hydrogen-bond acceptors (Lipinski definition) is 5. The molecule has 0 aliphatic heterocycles. The van der Waals surface area contributed by atoms with Crippen molar-refractivity contribution >= 4 is 5.91 Å². The quantitative estimate of drug-likeness (QED) is 0.320. The number of ether oxygens (including phenoxy) is 1. The van der Waals surface area contributed by atoms with Gasteiger partial charge in [0.1, 0.15) is 12.2 Å². The first kappa shape index (κ1) is 22.3. The maximum Gasteiger partial charge on any atom is 0.249 e. The van der Waals surface area contributed by atoms with Crippen LogP contribution in [0.5, 0.6) is 0 Å². The number of unbranched alkanes of at least 4 members (excludes halogenated alkanes) is 9. The van der Waals surface area contributed by atoms with Crippen LogP contribution < -0.4 is 5.73 Å². The van der Waals surface area contributed by atoms with Crippen molar-refractivity contribution < 1.29 is 24.9 Å². The molecule has 0 rings (SSSR count). The molecule has 0 aromatic heterocycles. The summed E-state index contributed by atoms with van der Waals surface area (Å²) in [5.41, 5.74) is 5.14. The predicted molar refractivity (Wildman–Crippen MR) is 89.9 cm³/mol. The van der Waals surface area contributed by atoms with E-state index in [0.717, 1.165) is 19.3 Å². The third-order valence-corrected chi connectivity index (χ3v) is 3.97. The minimum atomic E-state index is -1.50. The predicted octanol–water partition coefficient (Wildman–Crippen LogP) is 1.49. The van der Waals surface area contributed by atoms with E-state index in [-0.39, 0.29) is 0 Å². The van der Waals surface area contributed by atoms with Gasteiger partial charge < -0.3 is 25.8 Å². The van der Waals surface area contributed by atoms with E-state index in [0.29, 0.717) is 6.61 Å². The van der Waals surface area contributed by atoms with E-state index in [1.807, 2.05) is 0 Å². The summed E-state index contributed by atoms with van der Waals surface area (Å²) in [4.78, 5) is 11.2. The van der Waals surface area contributed by atoms with Gasteiger partial charge in [-0.1, -0.05) is 64.7 Å². The topological polar surface area (TPSA) is 113 Å². The Bertz CT molecular complexity index is 288. The van der Waals surface area contributed by atoms with E-state index in [2.05, 4.69) is 6.92 Å². The maximum atomic E-state index is 11.2. The van der Waals surface area contributed by atoms with Crippen LogP contribution in [0.3, 0.4) is 0 Å². The first-order chi connectivity index (χ1) is 11.0. The highest BCUT2D eigenvalue weighted by atomic mass is 16.5. The number of hydrogen-bond donors (Lipinski definition) is 4. The Morgan fingerprint density at radius 1 is 0.957 bits per heavy atom. The molecule has 0 radical (unpaired) electrons. The summed E-state index contributed by atoms with van der Waals surface area (Å²) < 4.78 is 5.26. The molecule has 0 spiro atoms. The van der Waals surface area contributed by atoms with Crippen LogP contribution in [0.25, 0.3) is 0 Å². The lowest BCUT2D eigenvalue weighted by Gasteiger charge is -2.23. The van der Waals surface area contributed by atoms with Gasteiger partial charge in [-0.3, -0.25) is 4.79 Å². The van der Waals surface area contributed by atoms with E-state index >= 15 is 0 Å². The maximum absolute atomic E-state index is 11.2. The highest BCUT2D eigenvalue weighted by molar-refractivity contribution is 5.79. The van der Waals surface area contributed by atoms with E-state index in [1.165, 1.54) is 44.9 Å². The fourth-order valence-corrected chi connectivity index (χ4v) is 2.46. The zero-order chi connectivity index (χ0) is 17.5. The molecule has 3 atom stereocenters. The van der Waals surface area contributed by atoms with Gasteiger partial charge in [0, 0.05) is 6.61 Å². The van der Waals surface area contributed by atoms with Crippen molar-refractivity contribution in [2.24, 2.45) is 5.73 Å². The number of aliphatic hydroxyl groups is 3. The second kappa shape index (κ2) is 14.9. The van der Waals surface area contributed by atoms with Crippen LogP contribution in [-0.2, 0) is 9.53 Å².